The van der Waals surface area contributed by atoms with Crippen LogP contribution in [0.15, 0.2) is 209 Å². The number of fused-ring (bicyclic) bond motifs is 16. The van der Waals surface area contributed by atoms with Crippen molar-refractivity contribution in [1.29, 1.82) is 0 Å². The van der Waals surface area contributed by atoms with Crippen molar-refractivity contribution in [2.75, 3.05) is 26.4 Å². The molecule has 16 bridgehead atoms. The number of rotatable bonds is 24. The minimum atomic E-state index is -0.363. The van der Waals surface area contributed by atoms with Crippen molar-refractivity contribution in [3.05, 3.63) is 309 Å². The van der Waals surface area contributed by atoms with Crippen molar-refractivity contribution in [3.63, 3.8) is 0 Å². The summed E-state index contributed by atoms with van der Waals surface area (Å²) in [5, 5.41) is 6.17. The molecule has 96 heavy (non-hydrogen) atoms. The lowest BCUT2D eigenvalue weighted by Crippen LogP contribution is -2.20. The maximum Gasteiger partial charge on any atom is 0.306 e. The summed E-state index contributed by atoms with van der Waals surface area (Å²) in [5.74, 6) is -1.45. The number of carbonyl (C=O) groups excluding carboxylic acids is 4. The lowest BCUT2D eigenvalue weighted by Gasteiger charge is -2.12. The molecule has 2 aliphatic heterocycles. The lowest BCUT2D eigenvalue weighted by molar-refractivity contribution is -0.143. The van der Waals surface area contributed by atoms with E-state index in [1.54, 1.807) is 49.4 Å². The Bertz CT molecular complexity index is 5010. The van der Waals surface area contributed by atoms with Crippen LogP contribution in [0.1, 0.15) is 108 Å². The van der Waals surface area contributed by atoms with E-state index in [4.69, 9.17) is 18.9 Å². The van der Waals surface area contributed by atoms with Crippen molar-refractivity contribution in [2.24, 2.45) is 0 Å². The summed E-state index contributed by atoms with van der Waals surface area (Å²) in [6, 6.07) is 40.8. The van der Waals surface area contributed by atoms with Crippen LogP contribution in [0.5, 0.6) is 0 Å². The molecule has 8 N–H and O–H groups in total. The second-order valence-corrected chi connectivity index (χ2v) is 23.1. The van der Waals surface area contributed by atoms with Crippen LogP contribution in [0.3, 0.4) is 0 Å². The zero-order valence-corrected chi connectivity index (χ0v) is 52.7. The quantitative estimate of drug-likeness (QED) is 0.0197. The number of carbonyl (C=O) groups is 4. The van der Waals surface area contributed by atoms with Crippen molar-refractivity contribution < 1.29 is 38.1 Å². The highest BCUT2D eigenvalue weighted by Gasteiger charge is 2.23. The van der Waals surface area contributed by atoms with Gasteiger partial charge in [0.05, 0.1) is 46.1 Å². The first-order valence-corrected chi connectivity index (χ1v) is 31.7. The number of aromatic nitrogens is 12. The summed E-state index contributed by atoms with van der Waals surface area (Å²) >= 11 is 0. The summed E-state index contributed by atoms with van der Waals surface area (Å²) in [6.07, 6.45) is 18.6. The molecule has 0 radical (unpaired) electrons. The number of nitrogens with one attached hydrogen (secondary N) is 8. The topological polar surface area (TPSA) is 267 Å². The second-order valence-electron chi connectivity index (χ2n) is 23.1. The van der Waals surface area contributed by atoms with Crippen molar-refractivity contribution in [1.82, 2.24) is 59.0 Å². The molecule has 11 aromatic rings. The van der Waals surface area contributed by atoms with Gasteiger partial charge in [-0.3, -0.25) is 19.2 Å². The summed E-state index contributed by atoms with van der Waals surface area (Å²) in [4.78, 5) is 92.3. The predicted octanol–water partition coefficient (Wildman–Crippen LogP) is 6.07. The Balaban J connectivity index is 1.04. The van der Waals surface area contributed by atoms with E-state index in [1.165, 1.54) is 0 Å². The first-order valence-electron chi connectivity index (χ1n) is 31.7. The molecule has 0 spiro atoms. The number of hydrogen-bond donors (Lipinski definition) is 8. The number of H-pyrrole nitrogens is 8. The molecule has 12 heterocycles. The summed E-state index contributed by atoms with van der Waals surface area (Å²) in [5.41, 5.74) is 14.4. The fourth-order valence-corrected chi connectivity index (χ4v) is 12.5. The van der Waals surface area contributed by atoms with Gasteiger partial charge in [0.1, 0.15) is 26.4 Å². The van der Waals surface area contributed by atoms with E-state index in [0.717, 1.165) is 144 Å². The van der Waals surface area contributed by atoms with Gasteiger partial charge in [-0.25, -0.2) is 9.97 Å². The van der Waals surface area contributed by atoms with Crippen LogP contribution in [-0.4, -0.2) is 109 Å². The molecule has 0 atom stereocenters. The molecule has 1 aromatic carbocycles. The van der Waals surface area contributed by atoms with Crippen LogP contribution < -0.4 is 42.8 Å². The van der Waals surface area contributed by atoms with E-state index in [9.17, 15) is 19.2 Å². The molecule has 0 aliphatic carbocycles. The Kier molecular flexibility index (Phi) is 18.4. The number of hydrogen-bond acceptors (Lipinski definition) is 10. The summed E-state index contributed by atoms with van der Waals surface area (Å²) in [6.45, 7) is 15.3. The third kappa shape index (κ3) is 13.3. The number of aromatic amines is 8. The highest BCUT2D eigenvalue weighted by Crippen LogP contribution is 2.31. The van der Waals surface area contributed by atoms with Crippen LogP contribution >= 0.6 is 0 Å². The fourth-order valence-electron chi connectivity index (χ4n) is 12.5. The number of imidazole rings is 2. The molecule has 0 unspecified atom stereocenters. The van der Waals surface area contributed by atoms with Crippen molar-refractivity contribution >= 4 is 68.7 Å². The maximum atomic E-state index is 13.3. The van der Waals surface area contributed by atoms with E-state index in [2.05, 4.69) is 94.4 Å². The Morgan fingerprint density at radius 3 is 0.969 bits per heavy atom. The molecule has 0 saturated heterocycles. The molecule has 13 rings (SSSR count). The van der Waals surface area contributed by atoms with Gasteiger partial charge < -0.3 is 68.0 Å². The zero-order chi connectivity index (χ0) is 66.1. The molecule has 482 valence electrons. The van der Waals surface area contributed by atoms with Gasteiger partial charge in [0.25, 0.3) is 0 Å². The van der Waals surface area contributed by atoms with E-state index < -0.39 is 0 Å². The molecule has 0 fully saturated rings. The van der Waals surface area contributed by atoms with Gasteiger partial charge in [-0.2, -0.15) is 0 Å². The Labute approximate surface area is 549 Å². The molecule has 0 amide bonds. The van der Waals surface area contributed by atoms with Gasteiger partial charge in [0.15, 0.2) is 0 Å². The van der Waals surface area contributed by atoms with Gasteiger partial charge >= 0.3 is 23.9 Å². The number of benzene rings is 1. The normalized spacial score (nSPS) is 12.8. The third-order valence-corrected chi connectivity index (χ3v) is 16.9. The van der Waals surface area contributed by atoms with Gasteiger partial charge in [-0.1, -0.05) is 68.8 Å². The number of ether oxygens (including phenoxy) is 4. The molecule has 0 saturated carbocycles. The average molecular weight is 1280 g/mol. The zero-order valence-electron chi connectivity index (χ0n) is 52.7. The molecular formula is C76H70N12O8. The molecule has 20 heteroatoms. The first-order chi connectivity index (χ1) is 47.0. The fraction of sp³-hybridized carbons (Fsp3) is 0.158. The van der Waals surface area contributed by atoms with Gasteiger partial charge in [0.2, 0.25) is 0 Å². The van der Waals surface area contributed by atoms with Crippen LogP contribution in [0.25, 0.3) is 44.8 Å². The lowest BCUT2D eigenvalue weighted by atomic mass is 9.95. The largest absolute Gasteiger partial charge is 0.461 e. The molecule has 2 aliphatic rings. The molecule has 10 aromatic heterocycles. The minimum Gasteiger partial charge on any atom is -0.461 e. The highest BCUT2D eigenvalue weighted by atomic mass is 16.5. The van der Waals surface area contributed by atoms with Gasteiger partial charge in [-0.05, 0) is 162 Å². The van der Waals surface area contributed by atoms with E-state index in [0.29, 0.717) is 25.7 Å². The van der Waals surface area contributed by atoms with Gasteiger partial charge in [-0.15, -0.1) is 0 Å². The summed E-state index contributed by atoms with van der Waals surface area (Å²) in [7, 11) is 0. The number of nitrogens with zero attached hydrogens (tertiary/aromatic N) is 4. The second kappa shape index (κ2) is 28.3. The van der Waals surface area contributed by atoms with Crippen LogP contribution in [0.4, 0.5) is 0 Å². The third-order valence-electron chi connectivity index (χ3n) is 16.9. The molecule has 20 nitrogen and oxygen atoms in total. The van der Waals surface area contributed by atoms with Crippen LogP contribution in [0, 0.1) is 0 Å². The van der Waals surface area contributed by atoms with Crippen LogP contribution in [-0.2, 0) is 38.1 Å². The standard InChI is InChI=1S/C76H70N12O8/c1-5-40-93-69(89)32-12-49-53-16-24-61(79-53)73(62-25-17-54(80-62)50(13-33-70(90)94-41-6-2)58-21-29-66(84-58)75(87-38-36-77-45-87)65-28-20-57(49)83-65)47-10-9-11-48(44-47)74-63-26-18-55(81-63)51(14-34-71(91)95-42-7-3)59-22-30-67(85-59)76(88-39-37-78-46-88)68-31-23-60(86-68)52(56-19-27-64(74)82-56)15-35-72(92)96-43-8-4/h5-11,16-31,36-39,44-46,79-86H,1-4,12-15,32-35,40-43H2. The first kappa shape index (κ1) is 62.5. The van der Waals surface area contributed by atoms with Crippen molar-refractivity contribution in [2.45, 2.75) is 51.4 Å². The number of esters is 4. The van der Waals surface area contributed by atoms with Crippen molar-refractivity contribution in [3.8, 4) is 0 Å². The van der Waals surface area contributed by atoms with E-state index in [1.807, 2.05) is 125 Å². The maximum absolute atomic E-state index is 13.3. The average Bonchev–Trinajstić information content (AvgIpc) is 1.67. The van der Waals surface area contributed by atoms with Gasteiger partial charge in [0, 0.05) is 128 Å². The molecular weight excluding hydrogens is 1210 g/mol. The monoisotopic (exact) mass is 1280 g/mol. The SMILES string of the molecule is C=CCOC(=O)CCC1=c2ccc([nH]2)=C(c2cccc(C3=c4ccc([nH]4)=C(CCC(=O)OCC=C)c4ccc([nH]4)C(n4ccnc4)=c4ccc([nH]4)=C(CCC(=O)OCC=C)c4ccc3[nH]4)c2)c2ccc([nH]2)C(CCC(=O)OCC=C)=c2ccc([nH]2)=C(n2ccnc2)c2ccc1[nH]2. The van der Waals surface area contributed by atoms with E-state index >= 15 is 0 Å². The predicted molar refractivity (Wildman–Crippen MR) is 365 cm³/mol. The summed E-state index contributed by atoms with van der Waals surface area (Å²) < 4.78 is 25.9. The Morgan fingerprint density at radius 1 is 0.354 bits per heavy atom. The Hall–Kier alpha value is -12.3. The Morgan fingerprint density at radius 2 is 0.646 bits per heavy atom. The highest BCUT2D eigenvalue weighted by molar-refractivity contribution is 5.86. The smallest absolute Gasteiger partial charge is 0.306 e. The van der Waals surface area contributed by atoms with Crippen LogP contribution in [0.2, 0.25) is 0 Å². The van der Waals surface area contributed by atoms with E-state index in [-0.39, 0.29) is 76.0 Å². The minimum absolute atomic E-state index is 0.0921.